The molecule has 0 saturated carbocycles. The van der Waals surface area contributed by atoms with Crippen LogP contribution in [0, 0.1) is 5.92 Å². The van der Waals surface area contributed by atoms with Crippen molar-refractivity contribution in [3.8, 4) is 0 Å². The number of carboxylic acids is 1. The highest BCUT2D eigenvalue weighted by Gasteiger charge is 2.34. The lowest BCUT2D eigenvalue weighted by atomic mass is 9.97. The van der Waals surface area contributed by atoms with Crippen molar-refractivity contribution in [2.24, 2.45) is 33.8 Å². The number of carbonyl (C=O) groups excluding carboxylic acids is 7. The van der Waals surface area contributed by atoms with Crippen molar-refractivity contribution in [2.45, 2.75) is 121 Å². The van der Waals surface area contributed by atoms with Gasteiger partial charge in [-0.25, -0.2) is 0 Å². The molecular formula is C41H63N11O10. The summed E-state index contributed by atoms with van der Waals surface area (Å²) in [5.74, 6) is -6.69. The van der Waals surface area contributed by atoms with Crippen LogP contribution in [0.3, 0.4) is 0 Å². The minimum Gasteiger partial charge on any atom is -0.481 e. The number of nitrogens with zero attached hydrogens (tertiary/aromatic N) is 1. The van der Waals surface area contributed by atoms with E-state index >= 15 is 0 Å². The first-order valence-electron chi connectivity index (χ1n) is 20.6. The number of carbonyl (C=O) groups is 8. The van der Waals surface area contributed by atoms with E-state index in [1.54, 1.807) is 49.4 Å². The van der Waals surface area contributed by atoms with Gasteiger partial charge in [0.05, 0.1) is 6.26 Å². The van der Waals surface area contributed by atoms with Crippen LogP contribution >= 0.6 is 0 Å². The predicted molar refractivity (Wildman–Crippen MR) is 228 cm³/mol. The summed E-state index contributed by atoms with van der Waals surface area (Å²) in [5, 5.41) is 25.1. The standard InChI is InChI=1S/C41H63N11O10/c1-4-24(2)34(47-25(3)53)40(61)50-30(17-18-33(54)55)38(59)48-28(15-8-9-19-42)37(58)52-32(22-26-12-6-5-7-13-26)39(60)49-29(16-10-20-46-41(44)45)36(57)51-31(35(43)56)23-27-14-11-21-62-27/h5-7,11-14,21,24,28-32,34H,4,8-10,15-20,22-23,42H2,1-3H3,(H2,43,56)(H,47,53)(H,48,59)(H,49,60)(H,50,61)(H,51,57)(H,52,58)(H,54,55)(H4,44,45,46)/t24-,28-,29-,30-,31-,32-,34-/m0/s1. The molecule has 15 N–H and O–H groups in total. The fourth-order valence-electron chi connectivity index (χ4n) is 6.25. The van der Waals surface area contributed by atoms with Crippen molar-refractivity contribution in [2.75, 3.05) is 13.1 Å². The van der Waals surface area contributed by atoms with Gasteiger partial charge in [-0.05, 0) is 68.7 Å². The van der Waals surface area contributed by atoms with E-state index in [0.29, 0.717) is 30.6 Å². The average Bonchev–Trinajstić information content (AvgIpc) is 3.74. The summed E-state index contributed by atoms with van der Waals surface area (Å²) >= 11 is 0. The van der Waals surface area contributed by atoms with Crippen LogP contribution in [0.15, 0.2) is 58.1 Å². The van der Waals surface area contributed by atoms with Crippen LogP contribution in [-0.2, 0) is 51.2 Å². The molecule has 1 heterocycles. The van der Waals surface area contributed by atoms with Crippen LogP contribution in [-0.4, -0.2) is 108 Å². The van der Waals surface area contributed by atoms with Gasteiger partial charge in [-0.15, -0.1) is 0 Å². The molecule has 21 heteroatoms. The van der Waals surface area contributed by atoms with Crippen LogP contribution in [0.25, 0.3) is 0 Å². The van der Waals surface area contributed by atoms with E-state index < -0.39 is 90.0 Å². The summed E-state index contributed by atoms with van der Waals surface area (Å²) in [5.41, 5.74) is 22.9. The molecule has 1 aromatic carbocycles. The number of unbranched alkanes of at least 4 members (excludes halogenated alkanes) is 1. The number of furan rings is 1. The number of hydrogen-bond donors (Lipinski definition) is 11. The second-order valence-corrected chi connectivity index (χ2v) is 14.9. The van der Waals surface area contributed by atoms with Crippen LogP contribution < -0.4 is 54.8 Å². The van der Waals surface area contributed by atoms with Gasteiger partial charge in [0.2, 0.25) is 41.4 Å². The molecule has 0 bridgehead atoms. The smallest absolute Gasteiger partial charge is 0.303 e. The molecule has 0 aliphatic heterocycles. The zero-order valence-corrected chi connectivity index (χ0v) is 35.5. The number of nitrogens with one attached hydrogen (secondary N) is 6. The van der Waals surface area contributed by atoms with Gasteiger partial charge < -0.3 is 64.4 Å². The molecule has 0 unspecified atom stereocenters. The molecule has 0 aliphatic carbocycles. The SMILES string of the molecule is CC[C@H](C)[C@H](NC(C)=O)C(=O)N[C@@H](CCC(=O)O)C(=O)N[C@@H](CCCCN)C(=O)N[C@@H](Cc1ccccc1)C(=O)N[C@@H](CCCN=C(N)N)C(=O)N[C@@H](Cc1ccco1)C(N)=O. The van der Waals surface area contributed by atoms with Crippen molar-refractivity contribution in [1.82, 2.24) is 31.9 Å². The highest BCUT2D eigenvalue weighted by atomic mass is 16.4. The monoisotopic (exact) mass is 869 g/mol. The lowest BCUT2D eigenvalue weighted by Crippen LogP contribution is -2.60. The lowest BCUT2D eigenvalue weighted by molar-refractivity contribution is -0.138. The van der Waals surface area contributed by atoms with Crippen LogP contribution in [0.2, 0.25) is 0 Å². The van der Waals surface area contributed by atoms with E-state index in [1.165, 1.54) is 13.2 Å². The molecule has 21 nitrogen and oxygen atoms in total. The molecular weight excluding hydrogens is 807 g/mol. The summed E-state index contributed by atoms with van der Waals surface area (Å²) in [6, 6.07) is 4.28. The Morgan fingerprint density at radius 2 is 1.23 bits per heavy atom. The maximum absolute atomic E-state index is 14.2. The van der Waals surface area contributed by atoms with Crippen molar-refractivity contribution < 1.29 is 47.9 Å². The zero-order valence-electron chi connectivity index (χ0n) is 35.5. The topological polar surface area (TPSA) is 359 Å². The first kappa shape index (κ1) is 51.6. The Hall–Kier alpha value is -6.51. The number of aliphatic carboxylic acids is 1. The van der Waals surface area contributed by atoms with Crippen LogP contribution in [0.1, 0.15) is 83.5 Å². The second kappa shape index (κ2) is 27.4. The Kier molecular flexibility index (Phi) is 22.8. The van der Waals surface area contributed by atoms with E-state index in [4.69, 9.17) is 27.4 Å². The molecule has 0 saturated heterocycles. The van der Waals surface area contributed by atoms with Crippen molar-refractivity contribution in [3.05, 3.63) is 60.1 Å². The summed E-state index contributed by atoms with van der Waals surface area (Å²) in [4.78, 5) is 109. The van der Waals surface area contributed by atoms with Crippen molar-refractivity contribution >= 4 is 53.3 Å². The van der Waals surface area contributed by atoms with Gasteiger partial charge >= 0.3 is 5.97 Å². The average molecular weight is 870 g/mol. The fraction of sp³-hybridized carbons (Fsp3) is 0.537. The molecule has 7 atom stereocenters. The number of carboxylic acid groups (broad SMARTS) is 1. The van der Waals surface area contributed by atoms with E-state index in [0.717, 1.165) is 0 Å². The van der Waals surface area contributed by atoms with E-state index in [-0.39, 0.29) is 63.5 Å². The first-order chi connectivity index (χ1) is 29.4. The summed E-state index contributed by atoms with van der Waals surface area (Å²) in [6.07, 6.45) is 1.95. The molecule has 0 aliphatic rings. The molecule has 2 aromatic rings. The van der Waals surface area contributed by atoms with Gasteiger partial charge in [0.1, 0.15) is 42.0 Å². The Morgan fingerprint density at radius 1 is 0.677 bits per heavy atom. The summed E-state index contributed by atoms with van der Waals surface area (Å²) in [6.45, 7) is 5.14. The Labute approximate surface area is 360 Å². The number of amides is 7. The Bertz CT molecular complexity index is 1810. The van der Waals surface area contributed by atoms with Crippen molar-refractivity contribution in [1.29, 1.82) is 0 Å². The van der Waals surface area contributed by atoms with Gasteiger partial charge in [0.25, 0.3) is 0 Å². The minimum atomic E-state index is -1.43. The number of nitrogens with two attached hydrogens (primary N) is 4. The number of primary amides is 1. The number of hydrogen-bond acceptors (Lipinski definition) is 11. The second-order valence-electron chi connectivity index (χ2n) is 14.9. The number of rotatable bonds is 29. The highest BCUT2D eigenvalue weighted by molar-refractivity contribution is 5.97. The van der Waals surface area contributed by atoms with Gasteiger partial charge in [0.15, 0.2) is 5.96 Å². The number of benzene rings is 1. The third kappa shape index (κ3) is 19.3. The van der Waals surface area contributed by atoms with Crippen LogP contribution in [0.4, 0.5) is 0 Å². The molecule has 7 amide bonds. The predicted octanol–water partition coefficient (Wildman–Crippen LogP) is -1.43. The van der Waals surface area contributed by atoms with Gasteiger partial charge in [-0.1, -0.05) is 50.6 Å². The number of guanidine groups is 1. The molecule has 0 spiro atoms. The fourth-order valence-corrected chi connectivity index (χ4v) is 6.25. The largest absolute Gasteiger partial charge is 0.481 e. The highest BCUT2D eigenvalue weighted by Crippen LogP contribution is 2.12. The third-order valence-electron chi connectivity index (χ3n) is 9.85. The quantitative estimate of drug-likeness (QED) is 0.0254. The van der Waals surface area contributed by atoms with Gasteiger partial charge in [-0.3, -0.25) is 43.3 Å². The molecule has 0 fully saturated rings. The molecule has 2 rings (SSSR count). The van der Waals surface area contributed by atoms with Gasteiger partial charge in [-0.2, -0.15) is 0 Å². The minimum absolute atomic E-state index is 0.00631. The Morgan fingerprint density at radius 3 is 1.74 bits per heavy atom. The van der Waals surface area contributed by atoms with Crippen molar-refractivity contribution in [3.63, 3.8) is 0 Å². The Balaban J connectivity index is 2.45. The first-order valence-corrected chi connectivity index (χ1v) is 20.6. The molecule has 342 valence electrons. The maximum Gasteiger partial charge on any atom is 0.303 e. The zero-order chi connectivity index (χ0) is 46.2. The summed E-state index contributed by atoms with van der Waals surface area (Å²) < 4.78 is 5.31. The van der Waals surface area contributed by atoms with E-state index in [9.17, 15) is 43.5 Å². The maximum atomic E-state index is 14.2. The van der Waals surface area contributed by atoms with Gasteiger partial charge in [0, 0.05) is 32.7 Å². The lowest BCUT2D eigenvalue weighted by Gasteiger charge is -2.28. The molecule has 1 aromatic heterocycles. The van der Waals surface area contributed by atoms with Crippen LogP contribution in [0.5, 0.6) is 0 Å². The van der Waals surface area contributed by atoms with E-state index in [1.807, 2.05) is 6.92 Å². The molecule has 62 heavy (non-hydrogen) atoms. The third-order valence-corrected chi connectivity index (χ3v) is 9.85. The number of aliphatic imine (C=N–C) groups is 1. The summed E-state index contributed by atoms with van der Waals surface area (Å²) in [7, 11) is 0. The normalized spacial score (nSPS) is 14.3. The molecule has 0 radical (unpaired) electrons. The van der Waals surface area contributed by atoms with E-state index in [2.05, 4.69) is 36.9 Å².